The molecule has 0 fully saturated rings. The van der Waals surface area contributed by atoms with E-state index in [-0.39, 0.29) is 5.91 Å². The Labute approximate surface area is 113 Å². The Kier molecular flexibility index (Phi) is 4.00. The quantitative estimate of drug-likeness (QED) is 0.913. The molecule has 1 N–H and O–H groups in total. The maximum absolute atomic E-state index is 12.1. The second kappa shape index (κ2) is 5.69. The molecule has 0 atom stereocenters. The average molecular weight is 257 g/mol. The van der Waals surface area contributed by atoms with Crippen molar-refractivity contribution >= 4 is 5.91 Å². The zero-order valence-electron chi connectivity index (χ0n) is 11.6. The predicted octanol–water partition coefficient (Wildman–Crippen LogP) is 2.23. The van der Waals surface area contributed by atoms with Gasteiger partial charge in [0.05, 0.1) is 12.6 Å². The monoisotopic (exact) mass is 257 g/mol. The van der Waals surface area contributed by atoms with E-state index >= 15 is 0 Å². The Hall–Kier alpha value is -2.10. The smallest absolute Gasteiger partial charge is 0.227 e. The normalized spacial score (nSPS) is 10.5. The third-order valence-electron chi connectivity index (χ3n) is 3.33. The van der Waals surface area contributed by atoms with Crippen LogP contribution in [-0.2, 0) is 17.8 Å². The van der Waals surface area contributed by atoms with Crippen LogP contribution in [-0.4, -0.2) is 28.1 Å². The fraction of sp³-hybridized carbons (Fsp3) is 0.333. The van der Waals surface area contributed by atoms with Gasteiger partial charge in [0.1, 0.15) is 0 Å². The third-order valence-corrected chi connectivity index (χ3v) is 3.33. The van der Waals surface area contributed by atoms with Gasteiger partial charge in [-0.3, -0.25) is 9.89 Å². The number of aromatic amines is 1. The SMILES string of the molecule is Cc1ccc(CC(=O)N(C)Cc2cn[nH]c2)cc1C. The lowest BCUT2D eigenvalue weighted by Gasteiger charge is -2.16. The van der Waals surface area contributed by atoms with Gasteiger partial charge in [-0.05, 0) is 30.5 Å². The number of H-pyrrole nitrogens is 1. The highest BCUT2D eigenvalue weighted by molar-refractivity contribution is 5.78. The number of hydrogen-bond donors (Lipinski definition) is 1. The summed E-state index contributed by atoms with van der Waals surface area (Å²) in [6, 6.07) is 6.17. The minimum Gasteiger partial charge on any atom is -0.341 e. The summed E-state index contributed by atoms with van der Waals surface area (Å²) in [6.07, 6.45) is 3.98. The van der Waals surface area contributed by atoms with Gasteiger partial charge in [-0.25, -0.2) is 0 Å². The molecular formula is C15H19N3O. The van der Waals surface area contributed by atoms with Crippen LogP contribution in [0.2, 0.25) is 0 Å². The van der Waals surface area contributed by atoms with E-state index in [0.717, 1.165) is 11.1 Å². The molecule has 0 radical (unpaired) electrons. The molecule has 1 heterocycles. The van der Waals surface area contributed by atoms with Crippen molar-refractivity contribution in [3.05, 3.63) is 52.8 Å². The lowest BCUT2D eigenvalue weighted by Crippen LogP contribution is -2.27. The molecule has 4 nitrogen and oxygen atoms in total. The first-order chi connectivity index (χ1) is 9.06. The van der Waals surface area contributed by atoms with Crippen LogP contribution in [0.15, 0.2) is 30.6 Å². The Morgan fingerprint density at radius 3 is 2.68 bits per heavy atom. The molecule has 0 aliphatic rings. The van der Waals surface area contributed by atoms with Gasteiger partial charge in [-0.1, -0.05) is 18.2 Å². The van der Waals surface area contributed by atoms with Crippen LogP contribution in [0, 0.1) is 13.8 Å². The number of hydrogen-bond acceptors (Lipinski definition) is 2. The van der Waals surface area contributed by atoms with E-state index < -0.39 is 0 Å². The Morgan fingerprint density at radius 1 is 1.26 bits per heavy atom. The highest BCUT2D eigenvalue weighted by atomic mass is 16.2. The second-order valence-corrected chi connectivity index (χ2v) is 4.95. The predicted molar refractivity (Wildman–Crippen MR) is 74.7 cm³/mol. The second-order valence-electron chi connectivity index (χ2n) is 4.95. The van der Waals surface area contributed by atoms with Crippen molar-refractivity contribution in [1.29, 1.82) is 0 Å². The molecule has 0 aliphatic heterocycles. The minimum atomic E-state index is 0.115. The van der Waals surface area contributed by atoms with E-state index in [1.807, 2.05) is 13.1 Å². The molecule has 19 heavy (non-hydrogen) atoms. The summed E-state index contributed by atoms with van der Waals surface area (Å²) in [4.78, 5) is 13.9. The Bertz CT molecular complexity index is 561. The van der Waals surface area contributed by atoms with Gasteiger partial charge in [0.15, 0.2) is 0 Å². The van der Waals surface area contributed by atoms with Crippen LogP contribution in [0.5, 0.6) is 0 Å². The average Bonchev–Trinajstić information content (AvgIpc) is 2.86. The van der Waals surface area contributed by atoms with Gasteiger partial charge in [-0.15, -0.1) is 0 Å². The largest absolute Gasteiger partial charge is 0.341 e. The van der Waals surface area contributed by atoms with Crippen molar-refractivity contribution in [2.24, 2.45) is 0 Å². The van der Waals surface area contributed by atoms with Crippen molar-refractivity contribution in [1.82, 2.24) is 15.1 Å². The van der Waals surface area contributed by atoms with E-state index in [9.17, 15) is 4.79 Å². The number of nitrogens with zero attached hydrogens (tertiary/aromatic N) is 2. The number of nitrogens with one attached hydrogen (secondary N) is 1. The van der Waals surface area contributed by atoms with Crippen LogP contribution < -0.4 is 0 Å². The molecule has 0 aliphatic carbocycles. The summed E-state index contributed by atoms with van der Waals surface area (Å²) in [5.74, 6) is 0.115. The van der Waals surface area contributed by atoms with Crippen LogP contribution in [0.25, 0.3) is 0 Å². The number of aromatic nitrogens is 2. The van der Waals surface area contributed by atoms with Crippen molar-refractivity contribution in [3.63, 3.8) is 0 Å². The molecule has 0 saturated heterocycles. The minimum absolute atomic E-state index is 0.115. The zero-order valence-corrected chi connectivity index (χ0v) is 11.6. The molecule has 0 unspecified atom stereocenters. The highest BCUT2D eigenvalue weighted by Gasteiger charge is 2.11. The molecule has 2 rings (SSSR count). The summed E-state index contributed by atoms with van der Waals surface area (Å²) in [6.45, 7) is 4.73. The fourth-order valence-electron chi connectivity index (χ4n) is 1.95. The first kappa shape index (κ1) is 13.3. The highest BCUT2D eigenvalue weighted by Crippen LogP contribution is 2.11. The molecule has 0 saturated carbocycles. The summed E-state index contributed by atoms with van der Waals surface area (Å²) >= 11 is 0. The van der Waals surface area contributed by atoms with Gasteiger partial charge < -0.3 is 4.90 Å². The number of carbonyl (C=O) groups is 1. The van der Waals surface area contributed by atoms with Crippen LogP contribution in [0.4, 0.5) is 0 Å². The summed E-state index contributed by atoms with van der Waals surface area (Å²) < 4.78 is 0. The van der Waals surface area contributed by atoms with Gasteiger partial charge >= 0.3 is 0 Å². The van der Waals surface area contributed by atoms with Crippen molar-refractivity contribution in [3.8, 4) is 0 Å². The Balaban J connectivity index is 1.98. The molecule has 0 spiro atoms. The van der Waals surface area contributed by atoms with E-state index in [1.165, 1.54) is 11.1 Å². The first-order valence-corrected chi connectivity index (χ1v) is 6.34. The van der Waals surface area contributed by atoms with Crippen LogP contribution >= 0.6 is 0 Å². The lowest BCUT2D eigenvalue weighted by molar-refractivity contribution is -0.129. The number of likely N-dealkylation sites (N-methyl/N-ethyl adjacent to an activating group) is 1. The molecule has 100 valence electrons. The number of carbonyl (C=O) groups excluding carboxylic acids is 1. The fourth-order valence-corrected chi connectivity index (χ4v) is 1.95. The number of aryl methyl sites for hydroxylation is 2. The van der Waals surface area contributed by atoms with Gasteiger partial charge in [0.25, 0.3) is 0 Å². The van der Waals surface area contributed by atoms with E-state index in [2.05, 4.69) is 36.2 Å². The standard InChI is InChI=1S/C15H19N3O/c1-11-4-5-13(6-12(11)2)7-15(19)18(3)10-14-8-16-17-9-14/h4-6,8-9H,7,10H2,1-3H3,(H,16,17). The van der Waals surface area contributed by atoms with Gasteiger partial charge in [-0.2, -0.15) is 5.10 Å². The maximum atomic E-state index is 12.1. The number of benzene rings is 1. The number of rotatable bonds is 4. The molecule has 1 aromatic heterocycles. The van der Waals surface area contributed by atoms with E-state index in [1.54, 1.807) is 17.3 Å². The topological polar surface area (TPSA) is 49.0 Å². The van der Waals surface area contributed by atoms with Gasteiger partial charge in [0.2, 0.25) is 5.91 Å². The summed E-state index contributed by atoms with van der Waals surface area (Å²) in [7, 11) is 1.82. The van der Waals surface area contributed by atoms with Crippen LogP contribution in [0.3, 0.4) is 0 Å². The van der Waals surface area contributed by atoms with Crippen molar-refractivity contribution in [2.75, 3.05) is 7.05 Å². The lowest BCUT2D eigenvalue weighted by atomic mass is 10.0. The Morgan fingerprint density at radius 2 is 2.05 bits per heavy atom. The van der Waals surface area contributed by atoms with E-state index in [0.29, 0.717) is 13.0 Å². The van der Waals surface area contributed by atoms with Crippen molar-refractivity contribution < 1.29 is 4.79 Å². The van der Waals surface area contributed by atoms with Crippen LogP contribution in [0.1, 0.15) is 22.3 Å². The maximum Gasteiger partial charge on any atom is 0.227 e. The summed E-state index contributed by atoms with van der Waals surface area (Å²) in [5.41, 5.74) is 4.55. The number of amides is 1. The van der Waals surface area contributed by atoms with Crippen molar-refractivity contribution in [2.45, 2.75) is 26.8 Å². The third kappa shape index (κ3) is 3.44. The van der Waals surface area contributed by atoms with E-state index in [4.69, 9.17) is 0 Å². The molecule has 0 bridgehead atoms. The molecule has 1 aromatic carbocycles. The van der Waals surface area contributed by atoms with Gasteiger partial charge in [0, 0.05) is 25.4 Å². The zero-order chi connectivity index (χ0) is 13.8. The molecule has 4 heteroatoms. The molecule has 1 amide bonds. The first-order valence-electron chi connectivity index (χ1n) is 6.34. The summed E-state index contributed by atoms with van der Waals surface area (Å²) in [5, 5.41) is 6.63. The molecular weight excluding hydrogens is 238 g/mol. The molecule has 2 aromatic rings.